The van der Waals surface area contributed by atoms with Gasteiger partial charge in [0.05, 0.1) is 11.0 Å². The van der Waals surface area contributed by atoms with Gasteiger partial charge in [0.2, 0.25) is 5.13 Å². The van der Waals surface area contributed by atoms with Crippen LogP contribution in [0, 0.1) is 0 Å². The molecule has 0 spiro atoms. The Kier molecular flexibility index (Phi) is 8.28. The molecule has 1 aliphatic heterocycles. The molecule has 1 N–H and O–H groups in total. The number of nitrogens with one attached hydrogen (secondary N) is 1. The Bertz CT molecular complexity index is 1260. The molecule has 2 aromatic carbocycles. The minimum absolute atomic E-state index is 0.802. The average Bonchev–Trinajstić information content (AvgIpc) is 3.45. The van der Waals surface area contributed by atoms with Crippen LogP contribution in [-0.2, 0) is 6.54 Å². The predicted octanol–water partition coefficient (Wildman–Crippen LogP) is 4.14. The van der Waals surface area contributed by atoms with Crippen molar-refractivity contribution >= 4 is 38.3 Å². The maximum atomic E-state index is 4.81. The second-order valence-electron chi connectivity index (χ2n) is 9.31. The Morgan fingerprint density at radius 1 is 0.861 bits per heavy atom. The third kappa shape index (κ3) is 5.62. The number of pyridine rings is 1. The van der Waals surface area contributed by atoms with Gasteiger partial charge >= 0.3 is 0 Å². The van der Waals surface area contributed by atoms with Crippen molar-refractivity contribution in [2.75, 3.05) is 64.3 Å². The van der Waals surface area contributed by atoms with Crippen molar-refractivity contribution in [3.05, 3.63) is 65.5 Å². The highest BCUT2D eigenvalue weighted by molar-refractivity contribution is 7.13. The van der Waals surface area contributed by atoms with Gasteiger partial charge in [-0.15, -0.1) is 11.3 Å². The summed E-state index contributed by atoms with van der Waals surface area (Å²) in [5.41, 5.74) is 5.60. The largest absolute Gasteiger partial charge is 0.339 e. The van der Waals surface area contributed by atoms with Gasteiger partial charge in [-0.2, -0.15) is 5.10 Å². The summed E-state index contributed by atoms with van der Waals surface area (Å²) in [6, 6.07) is 17.2. The third-order valence-corrected chi connectivity index (χ3v) is 8.00. The fraction of sp³-hybridized carbons (Fsp3) is 0.429. The first kappa shape index (κ1) is 24.9. The van der Waals surface area contributed by atoms with E-state index in [0.29, 0.717) is 0 Å². The lowest BCUT2D eigenvalue weighted by atomic mass is 10.1. The molecule has 5 rings (SSSR count). The summed E-state index contributed by atoms with van der Waals surface area (Å²) in [5.74, 6) is 0. The molecule has 0 bridgehead atoms. The molecule has 8 heteroatoms. The summed E-state index contributed by atoms with van der Waals surface area (Å²) in [6.07, 6.45) is 1.79. The van der Waals surface area contributed by atoms with Crippen molar-refractivity contribution in [3.8, 4) is 0 Å². The monoisotopic (exact) mass is 503 g/mol. The van der Waals surface area contributed by atoms with Crippen LogP contribution in [0.4, 0.5) is 5.13 Å². The van der Waals surface area contributed by atoms with Crippen LogP contribution in [0.2, 0.25) is 0 Å². The van der Waals surface area contributed by atoms with Crippen molar-refractivity contribution < 1.29 is 0 Å². The summed E-state index contributed by atoms with van der Waals surface area (Å²) in [5, 5.41) is 10.8. The lowest BCUT2D eigenvalue weighted by Crippen LogP contribution is -2.49. The van der Waals surface area contributed by atoms with Crippen molar-refractivity contribution in [2.24, 2.45) is 5.10 Å². The van der Waals surface area contributed by atoms with Crippen LogP contribution in [0.15, 0.2) is 65.2 Å². The quantitative estimate of drug-likeness (QED) is 0.260. The zero-order valence-electron chi connectivity index (χ0n) is 21.4. The van der Waals surface area contributed by atoms with Gasteiger partial charge in [-0.25, -0.2) is 4.98 Å². The molecule has 7 nitrogen and oxygen atoms in total. The molecule has 1 saturated heterocycles. The van der Waals surface area contributed by atoms with E-state index in [0.717, 1.165) is 73.6 Å². The van der Waals surface area contributed by atoms with Crippen molar-refractivity contribution in [1.82, 2.24) is 24.3 Å². The minimum Gasteiger partial charge on any atom is -0.339 e. The van der Waals surface area contributed by atoms with Gasteiger partial charge in [0, 0.05) is 74.7 Å². The number of anilines is 1. The molecule has 190 valence electrons. The minimum atomic E-state index is 0.802. The van der Waals surface area contributed by atoms with Crippen LogP contribution in [0.5, 0.6) is 0 Å². The van der Waals surface area contributed by atoms with E-state index < -0.39 is 0 Å². The lowest BCUT2D eigenvalue weighted by molar-refractivity contribution is 0.118. The van der Waals surface area contributed by atoms with Crippen LogP contribution in [0.3, 0.4) is 0 Å². The van der Waals surface area contributed by atoms with Gasteiger partial charge in [-0.3, -0.25) is 15.2 Å². The number of piperazine rings is 1. The van der Waals surface area contributed by atoms with Crippen LogP contribution < -0.4 is 10.8 Å². The lowest BCUT2D eigenvalue weighted by Gasteiger charge is -2.36. The van der Waals surface area contributed by atoms with Crippen molar-refractivity contribution in [3.63, 3.8) is 0 Å². The summed E-state index contributed by atoms with van der Waals surface area (Å²) in [6.45, 7) is 15.8. The highest BCUT2D eigenvalue weighted by atomic mass is 32.1. The second-order valence-corrected chi connectivity index (χ2v) is 10.2. The highest BCUT2D eigenvalue weighted by Crippen LogP contribution is 2.20. The fourth-order valence-corrected chi connectivity index (χ4v) is 5.61. The second kappa shape index (κ2) is 12.0. The van der Waals surface area contributed by atoms with E-state index in [1.807, 2.05) is 5.38 Å². The number of thiazole rings is 1. The highest BCUT2D eigenvalue weighted by Gasteiger charge is 2.18. The molecule has 1 aliphatic rings. The Hall–Kier alpha value is -2.78. The number of fused-ring (bicyclic) bond motifs is 2. The fourth-order valence-electron chi connectivity index (χ4n) is 5.14. The van der Waals surface area contributed by atoms with E-state index in [2.05, 4.69) is 92.1 Å². The number of aromatic nitrogens is 2. The van der Waals surface area contributed by atoms with E-state index >= 15 is 0 Å². The standard InChI is InChI=1S/C28H37N7S/c1-3-32(4-2)14-15-33-16-18-34(19-17-33)20-21-35-25-11-7-5-9-23(25)27(24-10-6-8-12-26(24)35)30-31-28-29-13-22-36-28/h5-13,22H,3-4,14-21H2,1-2H3,(H,29,31). The molecule has 0 unspecified atom stereocenters. The van der Waals surface area contributed by atoms with Gasteiger partial charge in [0.25, 0.3) is 0 Å². The molecule has 0 atom stereocenters. The third-order valence-electron chi connectivity index (χ3n) is 7.33. The van der Waals surface area contributed by atoms with Crippen LogP contribution in [0.1, 0.15) is 13.8 Å². The summed E-state index contributed by atoms with van der Waals surface area (Å²) in [4.78, 5) is 12.1. The molecular weight excluding hydrogens is 466 g/mol. The zero-order valence-corrected chi connectivity index (χ0v) is 22.3. The Labute approximate surface area is 217 Å². The van der Waals surface area contributed by atoms with E-state index in [1.54, 1.807) is 17.5 Å². The number of hydrogen-bond donors (Lipinski definition) is 1. The van der Waals surface area contributed by atoms with Gasteiger partial charge in [0.15, 0.2) is 0 Å². The molecule has 36 heavy (non-hydrogen) atoms. The molecule has 1 fully saturated rings. The topological polar surface area (TPSA) is 51.9 Å². The molecule has 0 amide bonds. The van der Waals surface area contributed by atoms with Gasteiger partial charge < -0.3 is 9.47 Å². The SMILES string of the molecule is CCN(CC)CCN1CCN(CCn2c3ccccc3c(=NNc3nccs3)c3ccccc32)CC1. The van der Waals surface area contributed by atoms with Crippen LogP contribution >= 0.6 is 11.3 Å². The Morgan fingerprint density at radius 3 is 2.06 bits per heavy atom. The number of rotatable bonds is 10. The predicted molar refractivity (Wildman–Crippen MR) is 151 cm³/mol. The van der Waals surface area contributed by atoms with E-state index in [9.17, 15) is 0 Å². The molecule has 0 radical (unpaired) electrons. The van der Waals surface area contributed by atoms with Crippen molar-refractivity contribution in [2.45, 2.75) is 20.4 Å². The normalized spacial score (nSPS) is 15.2. The Balaban J connectivity index is 1.34. The number of hydrogen-bond acceptors (Lipinski definition) is 7. The van der Waals surface area contributed by atoms with E-state index in [-0.39, 0.29) is 0 Å². The smallest absolute Gasteiger partial charge is 0.203 e. The molecular formula is C28H37N7S. The first-order valence-corrected chi connectivity index (χ1v) is 14.0. The molecule has 4 aromatic rings. The molecule has 0 saturated carbocycles. The average molecular weight is 504 g/mol. The summed E-state index contributed by atoms with van der Waals surface area (Å²) in [7, 11) is 0. The summed E-state index contributed by atoms with van der Waals surface area (Å²) >= 11 is 1.55. The number of benzene rings is 2. The van der Waals surface area contributed by atoms with Crippen LogP contribution in [-0.4, -0.2) is 83.2 Å². The summed E-state index contributed by atoms with van der Waals surface area (Å²) < 4.78 is 2.47. The first-order chi connectivity index (χ1) is 17.8. The zero-order chi connectivity index (χ0) is 24.7. The van der Waals surface area contributed by atoms with Crippen LogP contribution in [0.25, 0.3) is 21.8 Å². The molecule has 3 heterocycles. The molecule has 0 aliphatic carbocycles. The van der Waals surface area contributed by atoms with Crippen molar-refractivity contribution in [1.29, 1.82) is 0 Å². The van der Waals surface area contributed by atoms with Gasteiger partial charge in [0.1, 0.15) is 5.36 Å². The maximum absolute atomic E-state index is 4.81. The van der Waals surface area contributed by atoms with Gasteiger partial charge in [-0.05, 0) is 25.2 Å². The molecule has 2 aromatic heterocycles. The number of para-hydroxylation sites is 2. The van der Waals surface area contributed by atoms with E-state index in [1.165, 1.54) is 24.1 Å². The Morgan fingerprint density at radius 2 is 1.47 bits per heavy atom. The maximum Gasteiger partial charge on any atom is 0.203 e. The first-order valence-electron chi connectivity index (χ1n) is 13.1. The van der Waals surface area contributed by atoms with Gasteiger partial charge in [-0.1, -0.05) is 50.2 Å². The number of likely N-dealkylation sites (N-methyl/N-ethyl adjacent to an activating group) is 1. The number of nitrogens with zero attached hydrogens (tertiary/aromatic N) is 6. The van der Waals surface area contributed by atoms with E-state index in [4.69, 9.17) is 5.10 Å².